The minimum Gasteiger partial charge on any atom is -0.350 e. The SMILES string of the molecule is CC(C)(C)NC(=O)CN1CCCCCC1CN. The summed E-state index contributed by atoms with van der Waals surface area (Å²) in [5.41, 5.74) is 5.64. The molecule has 17 heavy (non-hydrogen) atoms. The van der Waals surface area contributed by atoms with Gasteiger partial charge in [0.15, 0.2) is 0 Å². The monoisotopic (exact) mass is 241 g/mol. The highest BCUT2D eigenvalue weighted by Gasteiger charge is 2.23. The second-order valence-corrected chi connectivity index (χ2v) is 6.01. The zero-order chi connectivity index (χ0) is 12.9. The van der Waals surface area contributed by atoms with Crippen LogP contribution >= 0.6 is 0 Å². The number of amides is 1. The van der Waals surface area contributed by atoms with Crippen LogP contribution in [-0.2, 0) is 4.79 Å². The number of nitrogens with two attached hydrogens (primary N) is 1. The van der Waals surface area contributed by atoms with Gasteiger partial charge >= 0.3 is 0 Å². The Kier molecular flexibility index (Phi) is 5.40. The summed E-state index contributed by atoms with van der Waals surface area (Å²) in [6.07, 6.45) is 4.80. The average molecular weight is 241 g/mol. The number of carbonyl (C=O) groups excluding carboxylic acids is 1. The van der Waals surface area contributed by atoms with E-state index in [0.29, 0.717) is 19.1 Å². The van der Waals surface area contributed by atoms with Crippen LogP contribution in [0.15, 0.2) is 0 Å². The summed E-state index contributed by atoms with van der Waals surface area (Å²) in [7, 11) is 0. The third-order valence-corrected chi connectivity index (χ3v) is 3.13. The molecule has 4 nitrogen and oxygen atoms in total. The third kappa shape index (κ3) is 5.50. The molecule has 100 valence electrons. The molecule has 3 N–H and O–H groups in total. The molecule has 1 fully saturated rings. The summed E-state index contributed by atoms with van der Waals surface area (Å²) < 4.78 is 0. The average Bonchev–Trinajstić information content (AvgIpc) is 2.39. The van der Waals surface area contributed by atoms with Gasteiger partial charge in [-0.25, -0.2) is 0 Å². The fraction of sp³-hybridized carbons (Fsp3) is 0.923. The highest BCUT2D eigenvalue weighted by Crippen LogP contribution is 2.15. The van der Waals surface area contributed by atoms with Gasteiger partial charge in [0.2, 0.25) is 5.91 Å². The fourth-order valence-electron chi connectivity index (χ4n) is 2.35. The van der Waals surface area contributed by atoms with Crippen molar-refractivity contribution in [2.24, 2.45) is 5.73 Å². The topological polar surface area (TPSA) is 58.4 Å². The second-order valence-electron chi connectivity index (χ2n) is 6.01. The molecule has 4 heteroatoms. The Hall–Kier alpha value is -0.610. The van der Waals surface area contributed by atoms with Crippen molar-refractivity contribution in [3.05, 3.63) is 0 Å². The molecule has 0 radical (unpaired) electrons. The molecule has 1 aliphatic rings. The Morgan fingerprint density at radius 3 is 2.65 bits per heavy atom. The van der Waals surface area contributed by atoms with Gasteiger partial charge in [-0.05, 0) is 40.2 Å². The molecule has 1 amide bonds. The molecule has 1 aliphatic heterocycles. The van der Waals surface area contributed by atoms with E-state index in [1.165, 1.54) is 19.3 Å². The Morgan fingerprint density at radius 2 is 2.06 bits per heavy atom. The highest BCUT2D eigenvalue weighted by atomic mass is 16.2. The van der Waals surface area contributed by atoms with Crippen molar-refractivity contribution in [1.82, 2.24) is 10.2 Å². The number of rotatable bonds is 3. The molecule has 1 rings (SSSR count). The normalized spacial score (nSPS) is 23.2. The predicted molar refractivity (Wildman–Crippen MR) is 70.8 cm³/mol. The van der Waals surface area contributed by atoms with Gasteiger partial charge in [0.05, 0.1) is 6.54 Å². The van der Waals surface area contributed by atoms with Crippen molar-refractivity contribution >= 4 is 5.91 Å². The first-order chi connectivity index (χ1) is 7.92. The van der Waals surface area contributed by atoms with Crippen LogP contribution in [0.5, 0.6) is 0 Å². The Morgan fingerprint density at radius 1 is 1.35 bits per heavy atom. The number of hydrogen-bond acceptors (Lipinski definition) is 3. The summed E-state index contributed by atoms with van der Waals surface area (Å²) in [5.74, 6) is 0.109. The van der Waals surface area contributed by atoms with Crippen LogP contribution in [0.3, 0.4) is 0 Å². The van der Waals surface area contributed by atoms with E-state index in [2.05, 4.69) is 10.2 Å². The van der Waals surface area contributed by atoms with Crippen LogP contribution in [-0.4, -0.2) is 42.0 Å². The largest absolute Gasteiger partial charge is 0.350 e. The summed E-state index contributed by atoms with van der Waals surface area (Å²) >= 11 is 0. The predicted octanol–water partition coefficient (Wildman–Crippen LogP) is 1.10. The lowest BCUT2D eigenvalue weighted by molar-refractivity contribution is -0.124. The summed E-state index contributed by atoms with van der Waals surface area (Å²) in [5, 5.41) is 3.01. The van der Waals surface area contributed by atoms with E-state index < -0.39 is 0 Å². The van der Waals surface area contributed by atoms with E-state index in [0.717, 1.165) is 13.0 Å². The highest BCUT2D eigenvalue weighted by molar-refractivity contribution is 5.78. The van der Waals surface area contributed by atoms with Gasteiger partial charge in [0, 0.05) is 18.1 Å². The molecular weight excluding hydrogens is 214 g/mol. The number of hydrogen-bond donors (Lipinski definition) is 2. The Bertz CT molecular complexity index is 248. The van der Waals surface area contributed by atoms with E-state index in [9.17, 15) is 4.79 Å². The zero-order valence-corrected chi connectivity index (χ0v) is 11.5. The first-order valence-corrected chi connectivity index (χ1v) is 6.67. The molecule has 0 aromatic carbocycles. The van der Waals surface area contributed by atoms with Gasteiger partial charge in [-0.3, -0.25) is 9.69 Å². The third-order valence-electron chi connectivity index (χ3n) is 3.13. The number of nitrogens with one attached hydrogen (secondary N) is 1. The lowest BCUT2D eigenvalue weighted by Gasteiger charge is -2.30. The van der Waals surface area contributed by atoms with Crippen LogP contribution in [0, 0.1) is 0 Å². The van der Waals surface area contributed by atoms with Gasteiger partial charge in [0.1, 0.15) is 0 Å². The van der Waals surface area contributed by atoms with Crippen molar-refractivity contribution in [2.75, 3.05) is 19.6 Å². The Labute approximate surface area is 105 Å². The molecule has 0 aromatic heterocycles. The molecular formula is C13H27N3O. The number of carbonyl (C=O) groups is 1. The van der Waals surface area contributed by atoms with Crippen molar-refractivity contribution in [1.29, 1.82) is 0 Å². The van der Waals surface area contributed by atoms with Crippen molar-refractivity contribution in [2.45, 2.75) is 58.0 Å². The second kappa shape index (κ2) is 6.36. The summed E-state index contributed by atoms with van der Waals surface area (Å²) in [6, 6.07) is 0.378. The van der Waals surface area contributed by atoms with Gasteiger partial charge in [-0.2, -0.15) is 0 Å². The van der Waals surface area contributed by atoms with Crippen LogP contribution in [0.4, 0.5) is 0 Å². The number of nitrogens with zero attached hydrogens (tertiary/aromatic N) is 1. The molecule has 0 saturated carbocycles. The van der Waals surface area contributed by atoms with Gasteiger partial charge < -0.3 is 11.1 Å². The standard InChI is InChI=1S/C13H27N3O/c1-13(2,3)15-12(17)10-16-8-6-4-5-7-11(16)9-14/h11H,4-10,14H2,1-3H3,(H,15,17). The quantitative estimate of drug-likeness (QED) is 0.778. The van der Waals surface area contributed by atoms with E-state index in [4.69, 9.17) is 5.73 Å². The summed E-state index contributed by atoms with van der Waals surface area (Å²) in [4.78, 5) is 14.2. The van der Waals surface area contributed by atoms with E-state index >= 15 is 0 Å². The molecule has 0 spiro atoms. The molecule has 0 aromatic rings. The molecule has 1 saturated heterocycles. The summed E-state index contributed by atoms with van der Waals surface area (Å²) in [6.45, 7) is 8.16. The number of likely N-dealkylation sites (tertiary alicyclic amines) is 1. The smallest absolute Gasteiger partial charge is 0.234 e. The molecule has 0 bridgehead atoms. The lowest BCUT2D eigenvalue weighted by Crippen LogP contribution is -2.49. The van der Waals surface area contributed by atoms with Gasteiger partial charge in [0.25, 0.3) is 0 Å². The van der Waals surface area contributed by atoms with Crippen molar-refractivity contribution in [3.63, 3.8) is 0 Å². The molecule has 1 atom stereocenters. The molecule has 1 unspecified atom stereocenters. The minimum atomic E-state index is -0.152. The van der Waals surface area contributed by atoms with Gasteiger partial charge in [-0.15, -0.1) is 0 Å². The lowest BCUT2D eigenvalue weighted by atomic mass is 10.1. The fourth-order valence-corrected chi connectivity index (χ4v) is 2.35. The zero-order valence-electron chi connectivity index (χ0n) is 11.5. The molecule has 1 heterocycles. The van der Waals surface area contributed by atoms with Gasteiger partial charge in [-0.1, -0.05) is 12.8 Å². The van der Waals surface area contributed by atoms with E-state index in [-0.39, 0.29) is 11.4 Å². The molecule has 0 aliphatic carbocycles. The first kappa shape index (κ1) is 14.5. The first-order valence-electron chi connectivity index (χ1n) is 6.67. The maximum absolute atomic E-state index is 11.9. The maximum Gasteiger partial charge on any atom is 0.234 e. The Balaban J connectivity index is 2.49. The minimum absolute atomic E-state index is 0.109. The van der Waals surface area contributed by atoms with E-state index in [1.807, 2.05) is 20.8 Å². The van der Waals surface area contributed by atoms with Crippen molar-refractivity contribution < 1.29 is 4.79 Å². The van der Waals surface area contributed by atoms with E-state index in [1.54, 1.807) is 0 Å². The van der Waals surface area contributed by atoms with Crippen LogP contribution < -0.4 is 11.1 Å². The van der Waals surface area contributed by atoms with Crippen LogP contribution in [0.2, 0.25) is 0 Å². The van der Waals surface area contributed by atoms with Crippen LogP contribution in [0.1, 0.15) is 46.5 Å². The van der Waals surface area contributed by atoms with Crippen molar-refractivity contribution in [3.8, 4) is 0 Å². The van der Waals surface area contributed by atoms with Crippen LogP contribution in [0.25, 0.3) is 0 Å². The maximum atomic E-state index is 11.9.